The van der Waals surface area contributed by atoms with Gasteiger partial charge in [0.15, 0.2) is 0 Å². The normalized spacial score (nSPS) is 26.6. The molecule has 1 saturated heterocycles. The summed E-state index contributed by atoms with van der Waals surface area (Å²) in [5, 5.41) is 7.37. The molecule has 1 aliphatic heterocycles. The zero-order valence-corrected chi connectivity index (χ0v) is 18.9. The maximum atomic E-state index is 12.8. The summed E-state index contributed by atoms with van der Waals surface area (Å²) in [6.07, 6.45) is 8.71. The summed E-state index contributed by atoms with van der Waals surface area (Å²) < 4.78 is 8.43. The van der Waals surface area contributed by atoms with Crippen molar-refractivity contribution in [2.45, 2.75) is 69.4 Å². The molecule has 1 N–H and O–H groups in total. The van der Waals surface area contributed by atoms with Gasteiger partial charge in [-0.15, -0.1) is 0 Å². The minimum absolute atomic E-state index is 0.0238. The lowest BCUT2D eigenvalue weighted by Crippen LogP contribution is -2.54. The number of nitrogens with zero attached hydrogens (tertiary/aromatic N) is 3. The smallest absolute Gasteiger partial charge is 0.317 e. The molecule has 0 spiro atoms. The van der Waals surface area contributed by atoms with Crippen LogP contribution in [0.15, 0.2) is 42.6 Å². The number of likely N-dealkylation sites (tertiary alicyclic amines) is 1. The van der Waals surface area contributed by atoms with Crippen molar-refractivity contribution in [3.63, 3.8) is 0 Å². The van der Waals surface area contributed by atoms with E-state index in [2.05, 4.69) is 46.8 Å². The highest BCUT2D eigenvalue weighted by molar-refractivity contribution is 5.74. The summed E-state index contributed by atoms with van der Waals surface area (Å²) >= 11 is 0. The van der Waals surface area contributed by atoms with Gasteiger partial charge in [-0.1, -0.05) is 30.3 Å². The van der Waals surface area contributed by atoms with Crippen molar-refractivity contribution in [1.82, 2.24) is 20.0 Å². The molecular weight excluding hydrogens is 388 g/mol. The lowest BCUT2D eigenvalue weighted by molar-refractivity contribution is -0.0173. The summed E-state index contributed by atoms with van der Waals surface area (Å²) in [7, 11) is 1.99. The highest BCUT2D eigenvalue weighted by Crippen LogP contribution is 2.36. The van der Waals surface area contributed by atoms with Gasteiger partial charge in [0.2, 0.25) is 0 Å². The number of rotatable bonds is 6. The summed E-state index contributed by atoms with van der Waals surface area (Å²) in [6, 6.07) is 13.0. The van der Waals surface area contributed by atoms with Crippen LogP contribution in [0.5, 0.6) is 0 Å². The van der Waals surface area contributed by atoms with Crippen molar-refractivity contribution in [1.29, 1.82) is 0 Å². The van der Waals surface area contributed by atoms with Crippen molar-refractivity contribution in [3.05, 3.63) is 53.9 Å². The van der Waals surface area contributed by atoms with Crippen LogP contribution in [0.1, 0.15) is 68.5 Å². The molecule has 0 radical (unpaired) electrons. The molecule has 2 aliphatic rings. The molecule has 2 heterocycles. The number of urea groups is 1. The van der Waals surface area contributed by atoms with Gasteiger partial charge in [-0.25, -0.2) is 4.79 Å². The Morgan fingerprint density at radius 3 is 2.58 bits per heavy atom. The summed E-state index contributed by atoms with van der Waals surface area (Å²) in [5.74, 6) is 0.897. The highest BCUT2D eigenvalue weighted by atomic mass is 16.5. The average molecular weight is 425 g/mol. The number of nitrogens with one attached hydrogen (secondary N) is 1. The van der Waals surface area contributed by atoms with Crippen LogP contribution < -0.4 is 5.32 Å². The first-order valence-corrected chi connectivity index (χ1v) is 11.9. The number of ether oxygens (including phenoxy) is 1. The number of amides is 2. The van der Waals surface area contributed by atoms with Gasteiger partial charge >= 0.3 is 6.03 Å². The third-order valence-electron chi connectivity index (χ3n) is 7.05. The standard InChI is InChI=1S/C25H36N4O2/c1-3-26-25(30)29-17-7-10-22(23-15-16-27-28(23)2)24(29)18-31-21-13-11-20(12-14-21)19-8-5-4-6-9-19/h4-6,8-9,15-16,20-22,24H,3,7,10-14,17-18H2,1-2H3,(H,26,30)/t20-,21+,22?,24?. The summed E-state index contributed by atoms with van der Waals surface area (Å²) in [4.78, 5) is 14.8. The molecule has 2 fully saturated rings. The molecule has 168 valence electrons. The van der Waals surface area contributed by atoms with E-state index in [4.69, 9.17) is 4.74 Å². The second kappa shape index (κ2) is 10.3. The van der Waals surface area contributed by atoms with Gasteiger partial charge in [-0.3, -0.25) is 4.68 Å². The third kappa shape index (κ3) is 5.12. The Morgan fingerprint density at radius 2 is 1.90 bits per heavy atom. The second-order valence-electron chi connectivity index (χ2n) is 8.94. The van der Waals surface area contributed by atoms with E-state index in [1.165, 1.54) is 24.1 Å². The van der Waals surface area contributed by atoms with Gasteiger partial charge in [0.05, 0.1) is 18.8 Å². The van der Waals surface area contributed by atoms with Crippen molar-refractivity contribution in [3.8, 4) is 0 Å². The Kier molecular flexibility index (Phi) is 7.28. The van der Waals surface area contributed by atoms with Crippen LogP contribution in [0.25, 0.3) is 0 Å². The van der Waals surface area contributed by atoms with Crippen molar-refractivity contribution in [2.24, 2.45) is 7.05 Å². The lowest BCUT2D eigenvalue weighted by Gasteiger charge is -2.42. The average Bonchev–Trinajstić information content (AvgIpc) is 3.24. The van der Waals surface area contributed by atoms with Crippen LogP contribution in [0.2, 0.25) is 0 Å². The fourth-order valence-corrected chi connectivity index (χ4v) is 5.38. The quantitative estimate of drug-likeness (QED) is 0.746. The fraction of sp³-hybridized carbons (Fsp3) is 0.600. The van der Waals surface area contributed by atoms with Gasteiger partial charge in [0, 0.05) is 37.9 Å². The molecule has 1 aromatic carbocycles. The maximum absolute atomic E-state index is 12.8. The molecule has 2 unspecified atom stereocenters. The van der Waals surface area contributed by atoms with Crippen LogP contribution in [-0.2, 0) is 11.8 Å². The largest absolute Gasteiger partial charge is 0.376 e. The van der Waals surface area contributed by atoms with Crippen LogP contribution in [-0.4, -0.2) is 52.6 Å². The number of piperidine rings is 1. The van der Waals surface area contributed by atoms with Crippen LogP contribution in [0.4, 0.5) is 4.79 Å². The van der Waals surface area contributed by atoms with Crippen molar-refractivity contribution < 1.29 is 9.53 Å². The first kappa shape index (κ1) is 21.9. The highest BCUT2D eigenvalue weighted by Gasteiger charge is 2.37. The van der Waals surface area contributed by atoms with E-state index in [0.717, 1.165) is 32.2 Å². The molecule has 6 heteroatoms. The van der Waals surface area contributed by atoms with Crippen LogP contribution in [0.3, 0.4) is 0 Å². The van der Waals surface area contributed by atoms with Gasteiger partial charge in [0.1, 0.15) is 0 Å². The number of aryl methyl sites for hydroxylation is 1. The SMILES string of the molecule is CCNC(=O)N1CCCC(c2ccnn2C)C1CO[C@H]1CC[C@@H](c2ccccc2)CC1. The molecule has 2 atom stereocenters. The van der Waals surface area contributed by atoms with E-state index >= 15 is 0 Å². The molecule has 6 nitrogen and oxygen atoms in total. The van der Waals surface area contributed by atoms with Gasteiger partial charge < -0.3 is 15.0 Å². The number of hydrogen-bond donors (Lipinski definition) is 1. The topological polar surface area (TPSA) is 59.4 Å². The van der Waals surface area contributed by atoms with E-state index in [9.17, 15) is 4.79 Å². The minimum Gasteiger partial charge on any atom is -0.376 e. The Bertz CT molecular complexity index is 829. The Hall–Kier alpha value is -2.34. The van der Waals surface area contributed by atoms with Gasteiger partial charge in [-0.2, -0.15) is 5.10 Å². The van der Waals surface area contributed by atoms with E-state index in [-0.39, 0.29) is 24.1 Å². The predicted molar refractivity (Wildman–Crippen MR) is 122 cm³/mol. The Morgan fingerprint density at radius 1 is 1.13 bits per heavy atom. The molecule has 0 bridgehead atoms. The summed E-state index contributed by atoms with van der Waals surface area (Å²) in [6.45, 7) is 3.99. The van der Waals surface area contributed by atoms with Gasteiger partial charge in [-0.05, 0) is 63.0 Å². The molecule has 1 aliphatic carbocycles. The monoisotopic (exact) mass is 424 g/mol. The van der Waals surface area contributed by atoms with E-state index < -0.39 is 0 Å². The zero-order valence-electron chi connectivity index (χ0n) is 18.9. The van der Waals surface area contributed by atoms with Crippen LogP contribution in [0, 0.1) is 0 Å². The molecule has 2 amide bonds. The number of hydrogen-bond acceptors (Lipinski definition) is 3. The van der Waals surface area contributed by atoms with E-state index in [1.807, 2.05) is 29.7 Å². The minimum atomic E-state index is 0.0238. The molecule has 4 rings (SSSR count). The second-order valence-corrected chi connectivity index (χ2v) is 8.94. The molecule has 31 heavy (non-hydrogen) atoms. The number of benzene rings is 1. The van der Waals surface area contributed by atoms with E-state index in [1.54, 1.807) is 0 Å². The maximum Gasteiger partial charge on any atom is 0.317 e. The van der Waals surface area contributed by atoms with Crippen molar-refractivity contribution >= 4 is 6.03 Å². The molecular formula is C25H36N4O2. The Labute approximate surface area is 186 Å². The number of carbonyl (C=O) groups is 1. The van der Waals surface area contributed by atoms with Crippen LogP contribution >= 0.6 is 0 Å². The summed E-state index contributed by atoms with van der Waals surface area (Å²) in [5.41, 5.74) is 2.64. The van der Waals surface area contributed by atoms with Gasteiger partial charge in [0.25, 0.3) is 0 Å². The predicted octanol–water partition coefficient (Wildman–Crippen LogP) is 4.44. The van der Waals surface area contributed by atoms with Crippen molar-refractivity contribution in [2.75, 3.05) is 19.7 Å². The zero-order chi connectivity index (χ0) is 21.6. The number of aromatic nitrogens is 2. The molecule has 1 aromatic heterocycles. The lowest BCUT2D eigenvalue weighted by atomic mass is 9.82. The first-order valence-electron chi connectivity index (χ1n) is 11.9. The third-order valence-corrected chi connectivity index (χ3v) is 7.05. The number of carbonyl (C=O) groups excluding carboxylic acids is 1. The molecule has 1 saturated carbocycles. The van der Waals surface area contributed by atoms with E-state index in [0.29, 0.717) is 19.1 Å². The molecule has 2 aromatic rings. The first-order chi connectivity index (χ1) is 15.2. The Balaban J connectivity index is 1.40. The fourth-order valence-electron chi connectivity index (χ4n) is 5.38.